The number of likely N-dealkylation sites (N-methyl/N-ethyl adjacent to an activating group) is 1. The van der Waals surface area contributed by atoms with Gasteiger partial charge in [0.15, 0.2) is 5.69 Å². The van der Waals surface area contributed by atoms with Crippen molar-refractivity contribution in [3.8, 4) is 0 Å². The van der Waals surface area contributed by atoms with Crippen molar-refractivity contribution in [2.75, 3.05) is 20.6 Å². The summed E-state index contributed by atoms with van der Waals surface area (Å²) >= 11 is 2.19. The maximum atomic E-state index is 12.1. The van der Waals surface area contributed by atoms with E-state index in [4.69, 9.17) is 4.52 Å². The lowest BCUT2D eigenvalue weighted by Crippen LogP contribution is -2.43. The first kappa shape index (κ1) is 16.4. The lowest BCUT2D eigenvalue weighted by atomic mass is 10.0. The zero-order valence-corrected chi connectivity index (χ0v) is 14.3. The predicted octanol–water partition coefficient (Wildman–Crippen LogP) is 2.23. The van der Waals surface area contributed by atoms with Crippen LogP contribution in [0.4, 0.5) is 0 Å². The minimum atomic E-state index is -0.162. The Morgan fingerprint density at radius 1 is 1.47 bits per heavy atom. The zero-order chi connectivity index (χ0) is 14.6. The van der Waals surface area contributed by atoms with Crippen LogP contribution in [0, 0.1) is 12.8 Å². The van der Waals surface area contributed by atoms with Crippen molar-refractivity contribution in [1.82, 2.24) is 15.4 Å². The number of carbonyl (C=O) groups excluding carboxylic acids is 1. The fraction of sp³-hybridized carbons (Fsp3) is 0.692. The molecule has 0 spiro atoms. The summed E-state index contributed by atoms with van der Waals surface area (Å²) in [7, 11) is 4.04. The Hall–Kier alpha value is -0.630. The average molecular weight is 379 g/mol. The molecule has 1 atom stereocenters. The molecule has 108 valence electrons. The molecule has 0 aromatic carbocycles. The molecule has 19 heavy (non-hydrogen) atoms. The maximum Gasteiger partial charge on any atom is 0.273 e. The predicted molar refractivity (Wildman–Crippen MR) is 83.6 cm³/mol. The number of hydrogen-bond acceptors (Lipinski definition) is 4. The van der Waals surface area contributed by atoms with Gasteiger partial charge in [-0.2, -0.15) is 0 Å². The van der Waals surface area contributed by atoms with Crippen molar-refractivity contribution in [2.24, 2.45) is 5.92 Å². The van der Waals surface area contributed by atoms with Crippen molar-refractivity contribution >= 4 is 28.5 Å². The van der Waals surface area contributed by atoms with E-state index in [0.717, 1.165) is 15.8 Å². The molecule has 0 saturated heterocycles. The summed E-state index contributed by atoms with van der Waals surface area (Å²) in [5.74, 6) is 1.07. The molecule has 1 aromatic heterocycles. The van der Waals surface area contributed by atoms with Crippen LogP contribution in [0.5, 0.6) is 0 Å². The second-order valence-corrected chi connectivity index (χ2v) is 5.96. The van der Waals surface area contributed by atoms with Gasteiger partial charge in [-0.3, -0.25) is 4.79 Å². The standard InChI is InChI=1S/C13H22IN3O2/c1-8(2)10(17(4)5)7-15-13(18)12-9(3)11(6-14)19-16-12/h8,10H,6-7H2,1-5H3,(H,15,18). The smallest absolute Gasteiger partial charge is 0.273 e. The summed E-state index contributed by atoms with van der Waals surface area (Å²) in [6.45, 7) is 6.76. The van der Waals surface area contributed by atoms with Gasteiger partial charge in [-0.15, -0.1) is 0 Å². The van der Waals surface area contributed by atoms with Crippen molar-refractivity contribution in [3.63, 3.8) is 0 Å². The van der Waals surface area contributed by atoms with Crippen molar-refractivity contribution in [3.05, 3.63) is 17.0 Å². The summed E-state index contributed by atoms with van der Waals surface area (Å²) in [6.07, 6.45) is 0. The minimum absolute atomic E-state index is 0.162. The Balaban J connectivity index is 2.67. The van der Waals surface area contributed by atoms with Crippen molar-refractivity contribution in [2.45, 2.75) is 31.2 Å². The van der Waals surface area contributed by atoms with Crippen LogP contribution in [0.25, 0.3) is 0 Å². The molecule has 1 rings (SSSR count). The van der Waals surface area contributed by atoms with E-state index in [1.807, 2.05) is 21.0 Å². The molecule has 1 heterocycles. The molecular weight excluding hydrogens is 357 g/mol. The summed E-state index contributed by atoms with van der Waals surface area (Å²) in [5, 5.41) is 6.78. The second-order valence-electron chi connectivity index (χ2n) is 5.20. The number of hydrogen-bond donors (Lipinski definition) is 1. The van der Waals surface area contributed by atoms with Crippen LogP contribution in [-0.4, -0.2) is 42.6 Å². The number of alkyl halides is 1. The van der Waals surface area contributed by atoms with E-state index in [-0.39, 0.29) is 5.91 Å². The van der Waals surface area contributed by atoms with Crippen LogP contribution in [0.3, 0.4) is 0 Å². The topological polar surface area (TPSA) is 58.4 Å². The molecule has 0 aliphatic rings. The molecule has 0 aliphatic heterocycles. The molecule has 0 saturated carbocycles. The Labute approximate surface area is 128 Å². The number of amides is 1. The molecule has 6 heteroatoms. The number of rotatable bonds is 6. The number of halogens is 1. The van der Waals surface area contributed by atoms with Gasteiger partial charge in [0.2, 0.25) is 0 Å². The first-order valence-corrected chi connectivity index (χ1v) is 7.86. The van der Waals surface area contributed by atoms with Gasteiger partial charge < -0.3 is 14.7 Å². The quantitative estimate of drug-likeness (QED) is 0.609. The molecule has 0 aliphatic carbocycles. The third-order valence-electron chi connectivity index (χ3n) is 3.26. The normalized spacial score (nSPS) is 13.1. The Kier molecular flexibility index (Phi) is 6.25. The van der Waals surface area contributed by atoms with Crippen molar-refractivity contribution in [1.29, 1.82) is 0 Å². The Morgan fingerprint density at radius 2 is 2.11 bits per heavy atom. The van der Waals surface area contributed by atoms with Crippen LogP contribution < -0.4 is 5.32 Å². The third-order valence-corrected chi connectivity index (χ3v) is 3.95. The van der Waals surface area contributed by atoms with Gasteiger partial charge in [-0.05, 0) is 26.9 Å². The first-order chi connectivity index (χ1) is 8.88. The summed E-state index contributed by atoms with van der Waals surface area (Å²) in [5.41, 5.74) is 1.23. The largest absolute Gasteiger partial charge is 0.359 e. The van der Waals surface area contributed by atoms with Gasteiger partial charge in [-0.25, -0.2) is 0 Å². The molecule has 1 unspecified atom stereocenters. The van der Waals surface area contributed by atoms with E-state index in [0.29, 0.717) is 24.2 Å². The minimum Gasteiger partial charge on any atom is -0.359 e. The summed E-state index contributed by atoms with van der Waals surface area (Å²) < 4.78 is 5.86. The highest BCUT2D eigenvalue weighted by molar-refractivity contribution is 14.1. The molecule has 0 bridgehead atoms. The average Bonchev–Trinajstić information content (AvgIpc) is 2.69. The maximum absolute atomic E-state index is 12.1. The second kappa shape index (κ2) is 7.23. The zero-order valence-electron chi connectivity index (χ0n) is 12.2. The highest BCUT2D eigenvalue weighted by Gasteiger charge is 2.21. The van der Waals surface area contributed by atoms with E-state index < -0.39 is 0 Å². The summed E-state index contributed by atoms with van der Waals surface area (Å²) in [4.78, 5) is 14.2. The van der Waals surface area contributed by atoms with Gasteiger partial charge in [0.1, 0.15) is 5.76 Å². The lowest BCUT2D eigenvalue weighted by Gasteiger charge is -2.27. The van der Waals surface area contributed by atoms with Crippen molar-refractivity contribution < 1.29 is 9.32 Å². The van der Waals surface area contributed by atoms with Crippen LogP contribution in [-0.2, 0) is 4.43 Å². The Morgan fingerprint density at radius 3 is 2.53 bits per heavy atom. The number of nitrogens with one attached hydrogen (secondary N) is 1. The highest BCUT2D eigenvalue weighted by atomic mass is 127. The third kappa shape index (κ3) is 4.17. The first-order valence-electron chi connectivity index (χ1n) is 6.34. The number of carbonyl (C=O) groups is 1. The van der Waals surface area contributed by atoms with Crippen LogP contribution in [0.2, 0.25) is 0 Å². The van der Waals surface area contributed by atoms with E-state index >= 15 is 0 Å². The van der Waals surface area contributed by atoms with E-state index in [1.54, 1.807) is 0 Å². The molecule has 0 fully saturated rings. The SMILES string of the molecule is Cc1c(C(=O)NCC(C(C)C)N(C)C)noc1CI. The fourth-order valence-corrected chi connectivity index (χ4v) is 2.71. The lowest BCUT2D eigenvalue weighted by molar-refractivity contribution is 0.0925. The molecule has 5 nitrogen and oxygen atoms in total. The molecular formula is C13H22IN3O2. The number of aromatic nitrogens is 1. The van der Waals surface area contributed by atoms with Gasteiger partial charge in [-0.1, -0.05) is 41.6 Å². The van der Waals surface area contributed by atoms with Crippen LogP contribution in [0.15, 0.2) is 4.52 Å². The van der Waals surface area contributed by atoms with Crippen LogP contribution >= 0.6 is 22.6 Å². The van der Waals surface area contributed by atoms with E-state index in [1.165, 1.54) is 0 Å². The molecule has 1 N–H and O–H groups in total. The monoisotopic (exact) mass is 379 g/mol. The van der Waals surface area contributed by atoms with Gasteiger partial charge in [0, 0.05) is 18.2 Å². The molecule has 1 amide bonds. The fourth-order valence-electron chi connectivity index (χ4n) is 2.00. The van der Waals surface area contributed by atoms with Gasteiger partial charge >= 0.3 is 0 Å². The highest BCUT2D eigenvalue weighted by Crippen LogP contribution is 2.16. The van der Waals surface area contributed by atoms with Gasteiger partial charge in [0.25, 0.3) is 5.91 Å². The van der Waals surface area contributed by atoms with E-state index in [2.05, 4.69) is 51.8 Å². The van der Waals surface area contributed by atoms with E-state index in [9.17, 15) is 4.79 Å². The molecule has 0 radical (unpaired) electrons. The summed E-state index contributed by atoms with van der Waals surface area (Å²) in [6, 6.07) is 0.306. The Bertz CT molecular complexity index is 422. The number of nitrogens with zero attached hydrogens (tertiary/aromatic N) is 2. The van der Waals surface area contributed by atoms with Crippen LogP contribution in [0.1, 0.15) is 35.7 Å². The molecule has 1 aromatic rings. The van der Waals surface area contributed by atoms with Gasteiger partial charge in [0.05, 0.1) is 4.43 Å².